The third kappa shape index (κ3) is 3.23. The topological polar surface area (TPSA) is 55.9 Å². The maximum absolute atomic E-state index is 12.3. The molecule has 1 atom stereocenters. The predicted molar refractivity (Wildman–Crippen MR) is 77.5 cm³/mol. The van der Waals surface area contributed by atoms with Crippen LogP contribution < -0.4 is 5.32 Å². The Balaban J connectivity index is 1.82. The average Bonchev–Trinajstić information content (AvgIpc) is 3.02. The van der Waals surface area contributed by atoms with Crippen molar-refractivity contribution in [1.82, 2.24) is 20.0 Å². The average molecular weight is 282 g/mol. The Hall–Kier alpha value is -1.30. The highest BCUT2D eigenvalue weighted by Gasteiger charge is 2.31. The third-order valence-corrected chi connectivity index (χ3v) is 4.25. The molecule has 0 aromatic heterocycles. The Kier molecular flexibility index (Phi) is 5.23. The van der Waals surface area contributed by atoms with Gasteiger partial charge in [-0.15, -0.1) is 0 Å². The van der Waals surface area contributed by atoms with Gasteiger partial charge in [0.05, 0.1) is 6.04 Å². The van der Waals surface area contributed by atoms with Crippen molar-refractivity contribution in [2.45, 2.75) is 32.7 Å². The van der Waals surface area contributed by atoms with Crippen LogP contribution in [0.5, 0.6) is 0 Å². The smallest absolute Gasteiger partial charge is 0.320 e. The van der Waals surface area contributed by atoms with E-state index in [9.17, 15) is 9.59 Å². The lowest BCUT2D eigenvalue weighted by Crippen LogP contribution is -2.56. The van der Waals surface area contributed by atoms with E-state index in [1.165, 1.54) is 0 Å². The number of piperazine rings is 1. The molecule has 114 valence electrons. The van der Waals surface area contributed by atoms with E-state index in [0.29, 0.717) is 26.2 Å². The first-order valence-electron chi connectivity index (χ1n) is 7.73. The molecule has 2 aliphatic rings. The van der Waals surface area contributed by atoms with Crippen molar-refractivity contribution in [2.75, 3.05) is 45.8 Å². The lowest BCUT2D eigenvalue weighted by Gasteiger charge is -2.38. The van der Waals surface area contributed by atoms with Gasteiger partial charge in [-0.25, -0.2) is 4.79 Å². The SMILES string of the molecule is CCN(CC)C(=O)N1CCN(C(=O)[C@H]2CCCN2)CC1. The van der Waals surface area contributed by atoms with Gasteiger partial charge in [0.1, 0.15) is 0 Å². The molecule has 0 bridgehead atoms. The summed E-state index contributed by atoms with van der Waals surface area (Å²) in [6.45, 7) is 9.01. The van der Waals surface area contributed by atoms with Crippen molar-refractivity contribution in [2.24, 2.45) is 0 Å². The molecule has 0 aromatic carbocycles. The normalized spacial score (nSPS) is 23.0. The monoisotopic (exact) mass is 282 g/mol. The first-order valence-corrected chi connectivity index (χ1v) is 7.73. The quantitative estimate of drug-likeness (QED) is 0.812. The highest BCUT2D eigenvalue weighted by atomic mass is 16.2. The molecule has 0 spiro atoms. The zero-order chi connectivity index (χ0) is 14.5. The summed E-state index contributed by atoms with van der Waals surface area (Å²) in [4.78, 5) is 30.1. The van der Waals surface area contributed by atoms with Crippen LogP contribution >= 0.6 is 0 Å². The van der Waals surface area contributed by atoms with Crippen molar-refractivity contribution in [3.63, 3.8) is 0 Å². The second-order valence-corrected chi connectivity index (χ2v) is 5.42. The van der Waals surface area contributed by atoms with E-state index >= 15 is 0 Å². The fourth-order valence-corrected chi connectivity index (χ4v) is 2.93. The van der Waals surface area contributed by atoms with E-state index in [1.807, 2.05) is 28.5 Å². The molecule has 0 saturated carbocycles. The molecule has 0 aromatic rings. The van der Waals surface area contributed by atoms with Crippen LogP contribution in [0.25, 0.3) is 0 Å². The highest BCUT2D eigenvalue weighted by molar-refractivity contribution is 5.82. The summed E-state index contributed by atoms with van der Waals surface area (Å²) in [5.74, 6) is 0.206. The fourth-order valence-electron chi connectivity index (χ4n) is 2.93. The Morgan fingerprint density at radius 3 is 2.20 bits per heavy atom. The van der Waals surface area contributed by atoms with Crippen molar-refractivity contribution in [3.8, 4) is 0 Å². The molecule has 2 heterocycles. The van der Waals surface area contributed by atoms with E-state index in [4.69, 9.17) is 0 Å². The molecule has 3 amide bonds. The maximum atomic E-state index is 12.3. The van der Waals surface area contributed by atoms with E-state index < -0.39 is 0 Å². The van der Waals surface area contributed by atoms with Crippen molar-refractivity contribution in [1.29, 1.82) is 0 Å². The minimum Gasteiger partial charge on any atom is -0.338 e. The summed E-state index contributed by atoms with van der Waals surface area (Å²) < 4.78 is 0. The van der Waals surface area contributed by atoms with E-state index in [1.54, 1.807) is 0 Å². The summed E-state index contributed by atoms with van der Waals surface area (Å²) in [6.07, 6.45) is 2.02. The van der Waals surface area contributed by atoms with Crippen LogP contribution in [-0.4, -0.2) is 78.5 Å². The third-order valence-electron chi connectivity index (χ3n) is 4.25. The van der Waals surface area contributed by atoms with Crippen LogP contribution in [0.4, 0.5) is 4.79 Å². The minimum absolute atomic E-state index is 0.0000311. The molecule has 0 aliphatic carbocycles. The Morgan fingerprint density at radius 2 is 1.70 bits per heavy atom. The zero-order valence-electron chi connectivity index (χ0n) is 12.6. The Morgan fingerprint density at radius 1 is 1.10 bits per heavy atom. The van der Waals surface area contributed by atoms with Gasteiger partial charge in [-0.1, -0.05) is 0 Å². The number of carbonyl (C=O) groups is 2. The van der Waals surface area contributed by atoms with Gasteiger partial charge < -0.3 is 20.0 Å². The van der Waals surface area contributed by atoms with Gasteiger partial charge in [-0.3, -0.25) is 4.79 Å². The van der Waals surface area contributed by atoms with E-state index in [0.717, 1.165) is 32.5 Å². The molecular weight excluding hydrogens is 256 g/mol. The van der Waals surface area contributed by atoms with E-state index in [2.05, 4.69) is 5.32 Å². The Bertz CT molecular complexity index is 321. The van der Waals surface area contributed by atoms with Gasteiger partial charge in [0.25, 0.3) is 0 Å². The Labute approximate surface area is 121 Å². The second kappa shape index (κ2) is 6.92. The molecule has 6 nitrogen and oxygen atoms in total. The summed E-state index contributed by atoms with van der Waals surface area (Å²) in [6, 6.07) is 0.0983. The number of urea groups is 1. The largest absolute Gasteiger partial charge is 0.338 e. The number of nitrogens with one attached hydrogen (secondary N) is 1. The molecule has 2 rings (SSSR count). The van der Waals surface area contributed by atoms with Gasteiger partial charge in [0.2, 0.25) is 5.91 Å². The van der Waals surface area contributed by atoms with Crippen molar-refractivity contribution in [3.05, 3.63) is 0 Å². The van der Waals surface area contributed by atoms with Gasteiger partial charge in [-0.05, 0) is 33.2 Å². The molecular formula is C14H26N4O2. The van der Waals surface area contributed by atoms with Crippen LogP contribution in [0.3, 0.4) is 0 Å². The van der Waals surface area contributed by atoms with E-state index in [-0.39, 0.29) is 18.0 Å². The molecule has 0 radical (unpaired) electrons. The number of amides is 3. The van der Waals surface area contributed by atoms with Crippen LogP contribution in [0.1, 0.15) is 26.7 Å². The molecule has 6 heteroatoms. The lowest BCUT2D eigenvalue weighted by molar-refractivity contribution is -0.134. The van der Waals surface area contributed by atoms with Crippen LogP contribution in [0, 0.1) is 0 Å². The fraction of sp³-hybridized carbons (Fsp3) is 0.857. The number of hydrogen-bond donors (Lipinski definition) is 1. The highest BCUT2D eigenvalue weighted by Crippen LogP contribution is 2.12. The number of hydrogen-bond acceptors (Lipinski definition) is 3. The van der Waals surface area contributed by atoms with Crippen LogP contribution in [0.15, 0.2) is 0 Å². The van der Waals surface area contributed by atoms with Gasteiger partial charge >= 0.3 is 6.03 Å². The van der Waals surface area contributed by atoms with Crippen LogP contribution in [0.2, 0.25) is 0 Å². The summed E-state index contributed by atoms with van der Waals surface area (Å²) in [7, 11) is 0. The number of nitrogens with zero attached hydrogens (tertiary/aromatic N) is 3. The second-order valence-electron chi connectivity index (χ2n) is 5.42. The van der Waals surface area contributed by atoms with Crippen LogP contribution in [-0.2, 0) is 4.79 Å². The molecule has 2 aliphatic heterocycles. The molecule has 1 N–H and O–H groups in total. The number of carbonyl (C=O) groups excluding carboxylic acids is 2. The zero-order valence-corrected chi connectivity index (χ0v) is 12.6. The number of rotatable bonds is 3. The standard InChI is InChI=1S/C14H26N4O2/c1-3-16(4-2)14(20)18-10-8-17(9-11-18)13(19)12-6-5-7-15-12/h12,15H,3-11H2,1-2H3/t12-/m1/s1. The minimum atomic E-state index is 0.0000311. The predicted octanol–water partition coefficient (Wildman–Crippen LogP) is 0.344. The lowest BCUT2D eigenvalue weighted by atomic mass is 10.2. The van der Waals surface area contributed by atoms with Crippen molar-refractivity contribution >= 4 is 11.9 Å². The summed E-state index contributed by atoms with van der Waals surface area (Å²) in [5, 5.41) is 3.24. The first kappa shape index (κ1) is 15.1. The molecule has 2 fully saturated rings. The van der Waals surface area contributed by atoms with Gasteiger partial charge in [0, 0.05) is 39.3 Å². The van der Waals surface area contributed by atoms with Gasteiger partial charge in [-0.2, -0.15) is 0 Å². The van der Waals surface area contributed by atoms with Crippen molar-refractivity contribution < 1.29 is 9.59 Å². The summed E-state index contributed by atoms with van der Waals surface area (Å²) >= 11 is 0. The maximum Gasteiger partial charge on any atom is 0.320 e. The first-order chi connectivity index (χ1) is 9.67. The molecule has 20 heavy (non-hydrogen) atoms. The van der Waals surface area contributed by atoms with Gasteiger partial charge in [0.15, 0.2) is 0 Å². The molecule has 2 saturated heterocycles. The molecule has 0 unspecified atom stereocenters. The summed E-state index contributed by atoms with van der Waals surface area (Å²) in [5.41, 5.74) is 0.